The molecule has 4 aliphatic rings. The summed E-state index contributed by atoms with van der Waals surface area (Å²) in [5.74, 6) is -1.39. The van der Waals surface area contributed by atoms with Crippen molar-refractivity contribution >= 4 is 34.0 Å². The summed E-state index contributed by atoms with van der Waals surface area (Å²) < 4.78 is 51.7. The Morgan fingerprint density at radius 2 is 1.86 bits per heavy atom. The minimum atomic E-state index is -3.53. The van der Waals surface area contributed by atoms with Crippen LogP contribution in [0.1, 0.15) is 89.7 Å². The highest BCUT2D eigenvalue weighted by Crippen LogP contribution is 2.40. The van der Waals surface area contributed by atoms with Crippen molar-refractivity contribution in [3.8, 4) is 0 Å². The van der Waals surface area contributed by atoms with E-state index in [2.05, 4.69) is 10.0 Å². The maximum atomic E-state index is 14.2. The maximum Gasteiger partial charge on any atom is 0.410 e. The molecule has 5 atom stereocenters. The number of carbonyl (C=O) groups excluding carboxylic acids is 4. The normalized spacial score (nSPS) is 23.8. The van der Waals surface area contributed by atoms with Crippen LogP contribution in [-0.4, -0.2) is 84.3 Å². The van der Waals surface area contributed by atoms with Crippen molar-refractivity contribution in [1.82, 2.24) is 19.8 Å². The number of ether oxygens (including phenoxy) is 2. The highest BCUT2D eigenvalue weighted by molar-refractivity contribution is 7.90. The van der Waals surface area contributed by atoms with Crippen LogP contribution < -0.4 is 15.8 Å². The number of halogens is 1. The summed E-state index contributed by atoms with van der Waals surface area (Å²) in [4.78, 5) is 54.9. The van der Waals surface area contributed by atoms with Gasteiger partial charge >= 0.3 is 12.2 Å². The number of rotatable bonds is 14. The molecule has 50 heavy (non-hydrogen) atoms. The first-order chi connectivity index (χ1) is 23.6. The van der Waals surface area contributed by atoms with Crippen LogP contribution in [0, 0.1) is 17.7 Å². The van der Waals surface area contributed by atoms with Crippen molar-refractivity contribution in [1.29, 1.82) is 0 Å². The molecule has 0 bridgehead atoms. The fourth-order valence-electron chi connectivity index (χ4n) is 6.55. The Bertz CT molecular complexity index is 1580. The minimum Gasteiger partial charge on any atom is -0.444 e. The lowest BCUT2D eigenvalue weighted by atomic mass is 10.0. The third kappa shape index (κ3) is 9.95. The van der Waals surface area contributed by atoms with Crippen LogP contribution in [0.25, 0.3) is 0 Å². The summed E-state index contributed by atoms with van der Waals surface area (Å²) in [5.41, 5.74) is 6.48. The number of amides is 4. The summed E-state index contributed by atoms with van der Waals surface area (Å²) in [7, 11) is -3.53. The highest BCUT2D eigenvalue weighted by Gasteiger charge is 2.45. The zero-order valence-electron chi connectivity index (χ0n) is 29.1. The van der Waals surface area contributed by atoms with E-state index in [0.29, 0.717) is 44.1 Å². The van der Waals surface area contributed by atoms with Crippen molar-refractivity contribution in [2.75, 3.05) is 13.1 Å². The second-order valence-electron chi connectivity index (χ2n) is 14.8. The van der Waals surface area contributed by atoms with Crippen molar-refractivity contribution < 1.29 is 41.5 Å². The number of sulfonamides is 1. The van der Waals surface area contributed by atoms with Gasteiger partial charge in [0.15, 0.2) is 0 Å². The number of nitrogens with zero attached hydrogens (tertiary/aromatic N) is 2. The maximum absolute atomic E-state index is 14.2. The summed E-state index contributed by atoms with van der Waals surface area (Å²) in [6, 6.07) is 3.47. The molecule has 1 aromatic rings. The van der Waals surface area contributed by atoms with E-state index < -0.39 is 57.2 Å². The average molecular weight is 720 g/mol. The first-order valence-corrected chi connectivity index (χ1v) is 19.1. The SMILES string of the molecule is CC(C)(C)OC(=O)NC(CCCCCC=CC1CC1C(=O)NS(=O)(=O)C1CC1)C(=O)N1CC(OC(=O)N2Cc3cccc(F)c3C2)CC1CN. The highest BCUT2D eigenvalue weighted by atomic mass is 32.2. The molecule has 2 heterocycles. The molecule has 5 unspecified atom stereocenters. The molecule has 2 aliphatic carbocycles. The average Bonchev–Trinajstić information content (AvgIpc) is 3.95. The molecule has 276 valence electrons. The third-order valence-corrected chi connectivity index (χ3v) is 11.3. The zero-order valence-corrected chi connectivity index (χ0v) is 29.9. The van der Waals surface area contributed by atoms with Crippen molar-refractivity contribution in [2.45, 2.75) is 121 Å². The quantitative estimate of drug-likeness (QED) is 0.190. The van der Waals surface area contributed by atoms with Gasteiger partial charge in [-0.3, -0.25) is 19.2 Å². The third-order valence-electron chi connectivity index (χ3n) is 9.50. The Hall–Kier alpha value is -3.72. The number of nitrogens with two attached hydrogens (primary N) is 1. The molecule has 0 spiro atoms. The first kappa shape index (κ1) is 37.5. The van der Waals surface area contributed by atoms with E-state index in [4.69, 9.17) is 15.2 Å². The Morgan fingerprint density at radius 3 is 2.54 bits per heavy atom. The van der Waals surface area contributed by atoms with E-state index in [-0.39, 0.29) is 49.7 Å². The summed E-state index contributed by atoms with van der Waals surface area (Å²) >= 11 is 0. The van der Waals surface area contributed by atoms with Gasteiger partial charge in [0.05, 0.1) is 18.3 Å². The van der Waals surface area contributed by atoms with Crippen LogP contribution in [0.5, 0.6) is 0 Å². The first-order valence-electron chi connectivity index (χ1n) is 17.6. The van der Waals surface area contributed by atoms with E-state index in [1.165, 1.54) is 11.0 Å². The van der Waals surface area contributed by atoms with E-state index in [0.717, 1.165) is 24.8 Å². The number of hydrogen-bond acceptors (Lipinski definition) is 9. The Balaban J connectivity index is 1.09. The Kier molecular flexibility index (Phi) is 11.8. The molecule has 15 heteroatoms. The predicted molar refractivity (Wildman–Crippen MR) is 182 cm³/mol. The predicted octanol–water partition coefficient (Wildman–Crippen LogP) is 3.85. The number of hydrogen-bond donors (Lipinski definition) is 3. The second-order valence-corrected chi connectivity index (χ2v) is 16.8. The van der Waals surface area contributed by atoms with Crippen LogP contribution in [0.4, 0.5) is 14.0 Å². The van der Waals surface area contributed by atoms with Crippen LogP contribution in [0.3, 0.4) is 0 Å². The monoisotopic (exact) mass is 719 g/mol. The van der Waals surface area contributed by atoms with E-state index in [1.54, 1.807) is 37.8 Å². The molecule has 4 N–H and O–H groups in total. The number of unbranched alkanes of at least 4 members (excludes halogenated alkanes) is 3. The molecular formula is C35H50FN5O8S. The van der Waals surface area contributed by atoms with E-state index in [9.17, 15) is 32.0 Å². The zero-order chi connectivity index (χ0) is 36.2. The smallest absolute Gasteiger partial charge is 0.410 e. The van der Waals surface area contributed by atoms with Gasteiger partial charge in [0.25, 0.3) is 0 Å². The van der Waals surface area contributed by atoms with Gasteiger partial charge in [0.2, 0.25) is 21.8 Å². The van der Waals surface area contributed by atoms with Gasteiger partial charge in [-0.25, -0.2) is 22.4 Å². The minimum absolute atomic E-state index is 0.0399. The summed E-state index contributed by atoms with van der Waals surface area (Å²) in [5, 5.41) is 2.31. The number of alkyl carbamates (subject to hydrolysis) is 1. The van der Waals surface area contributed by atoms with Crippen LogP contribution >= 0.6 is 0 Å². The number of benzene rings is 1. The summed E-state index contributed by atoms with van der Waals surface area (Å²) in [6.45, 7) is 5.82. The van der Waals surface area contributed by atoms with E-state index >= 15 is 0 Å². The number of carbonyl (C=O) groups is 4. The number of nitrogens with one attached hydrogen (secondary N) is 2. The molecule has 1 aromatic carbocycles. The Morgan fingerprint density at radius 1 is 1.10 bits per heavy atom. The van der Waals surface area contributed by atoms with Crippen LogP contribution in [0.2, 0.25) is 0 Å². The fourth-order valence-corrected chi connectivity index (χ4v) is 7.91. The van der Waals surface area contributed by atoms with Gasteiger partial charge in [-0.2, -0.15) is 0 Å². The standard InChI is InChI=1S/C35H50FN5O8S/c1-35(2,3)49-33(44)38-30(13-8-6-4-5-7-10-22-16-27(22)31(42)39-50(46,47)26-14-15-26)32(43)41-20-25(17-24(41)18-37)48-34(45)40-19-23-11-9-12-29(36)28(23)21-40/h7,9-12,22,24-27,30H,4-6,8,13-21,37H2,1-3H3,(H,38,44)(H,39,42). The molecule has 1 saturated heterocycles. The van der Waals surface area contributed by atoms with Gasteiger partial charge < -0.3 is 25.4 Å². The number of fused-ring (bicyclic) bond motifs is 1. The van der Waals surface area contributed by atoms with Crippen molar-refractivity contribution in [3.05, 3.63) is 47.3 Å². The van der Waals surface area contributed by atoms with Gasteiger partial charge in [0, 0.05) is 37.0 Å². The lowest BCUT2D eigenvalue weighted by molar-refractivity contribution is -0.134. The molecule has 13 nitrogen and oxygen atoms in total. The molecule has 3 fully saturated rings. The molecule has 4 amide bonds. The van der Waals surface area contributed by atoms with E-state index in [1.807, 2.05) is 12.2 Å². The molecule has 2 aliphatic heterocycles. The largest absolute Gasteiger partial charge is 0.444 e. The van der Waals surface area contributed by atoms with Gasteiger partial charge in [-0.1, -0.05) is 37.1 Å². The number of allylic oxidation sites excluding steroid dienone is 2. The van der Waals surface area contributed by atoms with Gasteiger partial charge in [0.1, 0.15) is 23.6 Å². The Labute approximate surface area is 293 Å². The second kappa shape index (κ2) is 15.7. The molecule has 0 radical (unpaired) electrons. The fraction of sp³-hybridized carbons (Fsp3) is 0.657. The molecular weight excluding hydrogens is 669 g/mol. The van der Waals surface area contributed by atoms with Crippen molar-refractivity contribution in [2.24, 2.45) is 17.6 Å². The van der Waals surface area contributed by atoms with Crippen LogP contribution in [-0.2, 0) is 42.2 Å². The van der Waals surface area contributed by atoms with Gasteiger partial charge in [-0.15, -0.1) is 0 Å². The topological polar surface area (TPSA) is 177 Å². The molecule has 2 saturated carbocycles. The lowest BCUT2D eigenvalue weighted by Crippen LogP contribution is -2.52. The molecule has 5 rings (SSSR count). The lowest BCUT2D eigenvalue weighted by Gasteiger charge is -2.29. The summed E-state index contributed by atoms with van der Waals surface area (Å²) in [6.07, 6.45) is 7.60. The van der Waals surface area contributed by atoms with Crippen molar-refractivity contribution in [3.63, 3.8) is 0 Å². The van der Waals surface area contributed by atoms with Crippen LogP contribution in [0.15, 0.2) is 30.4 Å². The number of likely N-dealkylation sites (tertiary alicyclic amines) is 1. The van der Waals surface area contributed by atoms with Gasteiger partial charge in [-0.05, 0) is 76.8 Å². The molecule has 0 aromatic heterocycles.